The van der Waals surface area contributed by atoms with Gasteiger partial charge < -0.3 is 9.64 Å². The number of nitrogens with zero attached hydrogens (tertiary/aromatic N) is 3. The Morgan fingerprint density at radius 1 is 1.27 bits per heavy atom. The molecule has 1 heterocycles. The largest absolute Gasteiger partial charge is 0.383 e. The van der Waals surface area contributed by atoms with Crippen molar-refractivity contribution >= 4 is 28.6 Å². The molecule has 2 aromatic rings. The number of amides is 1. The van der Waals surface area contributed by atoms with Gasteiger partial charge in [0.05, 0.1) is 28.8 Å². The van der Waals surface area contributed by atoms with Crippen LogP contribution in [0.5, 0.6) is 0 Å². The van der Waals surface area contributed by atoms with Gasteiger partial charge in [-0.3, -0.25) is 14.2 Å². The molecule has 142 valence electrons. The van der Waals surface area contributed by atoms with E-state index in [9.17, 15) is 9.59 Å². The topological polar surface area (TPSA) is 64.4 Å². The Balaban J connectivity index is 2.61. The lowest BCUT2D eigenvalue weighted by Crippen LogP contribution is -2.36. The average molecular weight is 378 g/mol. The number of carbonyl (C=O) groups is 1. The van der Waals surface area contributed by atoms with Gasteiger partial charge in [-0.2, -0.15) is 0 Å². The normalized spacial score (nSPS) is 13.8. The van der Waals surface area contributed by atoms with Crippen LogP contribution in [0.1, 0.15) is 26.8 Å². The van der Waals surface area contributed by atoms with Gasteiger partial charge in [-0.15, -0.1) is 0 Å². The molecule has 0 N–H and O–H groups in total. The summed E-state index contributed by atoms with van der Waals surface area (Å²) < 4.78 is 6.89. The lowest BCUT2D eigenvalue weighted by molar-refractivity contribution is -0.128. The van der Waals surface area contributed by atoms with Crippen molar-refractivity contribution in [2.45, 2.75) is 37.2 Å². The number of ether oxygens (including phenoxy) is 1. The number of methoxy groups -OCH3 is 1. The predicted octanol–water partition coefficient (Wildman–Crippen LogP) is 2.81. The second kappa shape index (κ2) is 8.68. The summed E-state index contributed by atoms with van der Waals surface area (Å²) in [6.07, 6.45) is 0. The fourth-order valence-electron chi connectivity index (χ4n) is 2.75. The maximum absolute atomic E-state index is 13.1. The van der Waals surface area contributed by atoms with E-state index < -0.39 is 0 Å². The summed E-state index contributed by atoms with van der Waals surface area (Å²) in [5, 5.41) is 0.797. The number of hydrogen-bond acceptors (Lipinski definition) is 5. The van der Waals surface area contributed by atoms with Crippen LogP contribution in [0.2, 0.25) is 0 Å². The Morgan fingerprint density at radius 3 is 2.50 bits per heavy atom. The lowest BCUT2D eigenvalue weighted by Gasteiger charge is -2.25. The maximum atomic E-state index is 13.1. The lowest BCUT2D eigenvalue weighted by atomic mass is 10.1. The molecule has 0 radical (unpaired) electrons. The van der Waals surface area contributed by atoms with Crippen molar-refractivity contribution in [1.82, 2.24) is 14.5 Å². The van der Waals surface area contributed by atoms with E-state index in [0.29, 0.717) is 22.7 Å². The number of para-hydroxylation sites is 1. The van der Waals surface area contributed by atoms with E-state index in [1.165, 1.54) is 11.8 Å². The molecule has 1 aromatic heterocycles. The van der Waals surface area contributed by atoms with Crippen LogP contribution in [0.3, 0.4) is 0 Å². The van der Waals surface area contributed by atoms with Gasteiger partial charge in [0, 0.05) is 21.2 Å². The van der Waals surface area contributed by atoms with Crippen molar-refractivity contribution in [1.29, 1.82) is 0 Å². The molecule has 6 nitrogen and oxygen atoms in total. The molecule has 1 amide bonds. The predicted molar refractivity (Wildman–Crippen MR) is 106 cm³/mol. The van der Waals surface area contributed by atoms with Gasteiger partial charge in [0.25, 0.3) is 5.56 Å². The Bertz CT molecular complexity index is 832. The van der Waals surface area contributed by atoms with Crippen molar-refractivity contribution < 1.29 is 9.53 Å². The first kappa shape index (κ1) is 20.5. The average Bonchev–Trinajstić information content (AvgIpc) is 2.59. The first-order valence-electron chi connectivity index (χ1n) is 8.66. The van der Waals surface area contributed by atoms with Crippen molar-refractivity contribution in [3.63, 3.8) is 0 Å². The van der Waals surface area contributed by atoms with E-state index in [1.54, 1.807) is 36.7 Å². The summed E-state index contributed by atoms with van der Waals surface area (Å²) in [6, 6.07) is 7.10. The minimum atomic E-state index is -0.320. The van der Waals surface area contributed by atoms with E-state index >= 15 is 0 Å². The zero-order valence-corrected chi connectivity index (χ0v) is 17.0. The number of hydrogen-bond donors (Lipinski definition) is 0. The van der Waals surface area contributed by atoms with Crippen LogP contribution >= 0.6 is 11.8 Å². The third-order valence-corrected chi connectivity index (χ3v) is 5.64. The monoisotopic (exact) mass is 377 g/mol. The molecule has 0 fully saturated rings. The highest BCUT2D eigenvalue weighted by Crippen LogP contribution is 2.30. The number of thioether (sulfide) groups is 1. The molecule has 1 aromatic carbocycles. The van der Waals surface area contributed by atoms with Gasteiger partial charge in [0.1, 0.15) is 0 Å². The second-order valence-corrected chi connectivity index (χ2v) is 8.01. The summed E-state index contributed by atoms with van der Waals surface area (Å²) in [4.78, 5) is 32.0. The van der Waals surface area contributed by atoms with Crippen molar-refractivity contribution in [3.05, 3.63) is 34.6 Å². The Labute approximate surface area is 158 Å². The third-order valence-electron chi connectivity index (χ3n) is 4.15. The van der Waals surface area contributed by atoms with Crippen LogP contribution in [0.4, 0.5) is 0 Å². The van der Waals surface area contributed by atoms with Gasteiger partial charge in [0.15, 0.2) is 5.16 Å². The Kier molecular flexibility index (Phi) is 6.83. The number of fused-ring (bicyclic) bond motifs is 1. The van der Waals surface area contributed by atoms with Gasteiger partial charge in [-0.05, 0) is 25.0 Å². The first-order chi connectivity index (χ1) is 12.3. The fourth-order valence-corrected chi connectivity index (χ4v) is 4.09. The molecule has 0 spiro atoms. The molecule has 0 bridgehead atoms. The Morgan fingerprint density at radius 2 is 1.92 bits per heavy atom. The fraction of sp³-hybridized carbons (Fsp3) is 0.526. The van der Waals surface area contributed by atoms with Crippen LogP contribution < -0.4 is 5.56 Å². The smallest absolute Gasteiger partial charge is 0.262 e. The highest BCUT2D eigenvalue weighted by atomic mass is 32.2. The molecule has 2 rings (SSSR count). The molecular weight excluding hydrogens is 350 g/mol. The SMILES string of the molecule is COC[C@H](C)n1c(S[C@H](C(=O)N(C)C)C(C)C)nc2ccccc2c1=O. The maximum Gasteiger partial charge on any atom is 0.262 e. The molecule has 0 aliphatic rings. The number of benzene rings is 1. The Hall–Kier alpha value is -1.86. The third kappa shape index (κ3) is 4.27. The highest BCUT2D eigenvalue weighted by molar-refractivity contribution is 8.00. The van der Waals surface area contributed by atoms with Crippen LogP contribution in [0.15, 0.2) is 34.2 Å². The summed E-state index contributed by atoms with van der Waals surface area (Å²) in [5.41, 5.74) is 0.531. The molecule has 0 saturated carbocycles. The van der Waals surface area contributed by atoms with Crippen LogP contribution in [-0.2, 0) is 9.53 Å². The molecule has 26 heavy (non-hydrogen) atoms. The summed E-state index contributed by atoms with van der Waals surface area (Å²) in [6.45, 7) is 6.31. The number of rotatable bonds is 7. The zero-order chi connectivity index (χ0) is 19.4. The van der Waals surface area contributed by atoms with E-state index in [0.717, 1.165) is 0 Å². The van der Waals surface area contributed by atoms with E-state index in [1.807, 2.05) is 39.0 Å². The molecular formula is C19H27N3O3S. The quantitative estimate of drug-likeness (QED) is 0.548. The van der Waals surface area contributed by atoms with E-state index in [2.05, 4.69) is 0 Å². The van der Waals surface area contributed by atoms with E-state index in [4.69, 9.17) is 9.72 Å². The summed E-state index contributed by atoms with van der Waals surface area (Å²) in [5.74, 6) is 0.114. The zero-order valence-electron chi connectivity index (χ0n) is 16.2. The molecule has 0 saturated heterocycles. The molecule has 0 aliphatic heterocycles. The molecule has 2 atom stereocenters. The standard InChI is InChI=1S/C19H27N3O3S/c1-12(2)16(18(24)21(4)5)26-19-20-15-10-8-7-9-14(15)17(23)22(19)13(3)11-25-6/h7-10,12-13,16H,11H2,1-6H3/t13-,16-/m0/s1. The van der Waals surface area contributed by atoms with Gasteiger partial charge in [-0.25, -0.2) is 4.98 Å². The van der Waals surface area contributed by atoms with Gasteiger partial charge in [0.2, 0.25) is 5.91 Å². The second-order valence-electron chi connectivity index (χ2n) is 6.91. The van der Waals surface area contributed by atoms with Crippen molar-refractivity contribution in [2.24, 2.45) is 5.92 Å². The molecule has 0 unspecified atom stereocenters. The number of aromatic nitrogens is 2. The summed E-state index contributed by atoms with van der Waals surface area (Å²) in [7, 11) is 5.09. The van der Waals surface area contributed by atoms with Crippen molar-refractivity contribution in [3.8, 4) is 0 Å². The van der Waals surface area contributed by atoms with E-state index in [-0.39, 0.29) is 28.7 Å². The minimum Gasteiger partial charge on any atom is -0.383 e. The molecule has 0 aliphatic carbocycles. The molecule has 7 heteroatoms. The minimum absolute atomic E-state index is 0.0124. The van der Waals surface area contributed by atoms with Crippen LogP contribution in [0.25, 0.3) is 10.9 Å². The number of carbonyl (C=O) groups excluding carboxylic acids is 1. The summed E-state index contributed by atoms with van der Waals surface area (Å²) >= 11 is 1.35. The van der Waals surface area contributed by atoms with Gasteiger partial charge in [-0.1, -0.05) is 37.7 Å². The highest BCUT2D eigenvalue weighted by Gasteiger charge is 2.28. The van der Waals surface area contributed by atoms with Gasteiger partial charge >= 0.3 is 0 Å². The first-order valence-corrected chi connectivity index (χ1v) is 9.53. The van der Waals surface area contributed by atoms with Crippen molar-refractivity contribution in [2.75, 3.05) is 27.8 Å². The van der Waals surface area contributed by atoms with Crippen LogP contribution in [-0.4, -0.2) is 53.4 Å². The van der Waals surface area contributed by atoms with Crippen LogP contribution in [0, 0.1) is 5.92 Å².